The van der Waals surface area contributed by atoms with Gasteiger partial charge in [-0.2, -0.15) is 0 Å². The lowest BCUT2D eigenvalue weighted by Gasteiger charge is -2.22. The van der Waals surface area contributed by atoms with Gasteiger partial charge in [0.15, 0.2) is 0 Å². The van der Waals surface area contributed by atoms with Crippen LogP contribution in [0.25, 0.3) is 5.69 Å². The van der Waals surface area contributed by atoms with Crippen molar-refractivity contribution in [2.75, 3.05) is 18.1 Å². The highest BCUT2D eigenvalue weighted by atomic mass is 35.5. The Bertz CT molecular complexity index is 1260. The van der Waals surface area contributed by atoms with E-state index in [1.54, 1.807) is 53.6 Å². The number of thiophene rings is 1. The van der Waals surface area contributed by atoms with Crippen LogP contribution in [0.4, 0.5) is 10.5 Å². The molecule has 0 unspecified atom stereocenters. The summed E-state index contributed by atoms with van der Waals surface area (Å²) >= 11 is 7.08. The minimum atomic E-state index is -0.521. The minimum Gasteiger partial charge on any atom is -0.491 e. The van der Waals surface area contributed by atoms with Crippen LogP contribution in [0, 0.1) is 0 Å². The molecule has 1 aromatic carbocycles. The zero-order valence-electron chi connectivity index (χ0n) is 16.7. The Hall–Kier alpha value is -3.30. The number of pyridine rings is 1. The van der Waals surface area contributed by atoms with Crippen LogP contribution in [0.15, 0.2) is 59.5 Å². The molecule has 2 aromatic heterocycles. The number of halogens is 1. The molecule has 32 heavy (non-hydrogen) atoms. The first kappa shape index (κ1) is 20.6. The molecule has 0 saturated carbocycles. The van der Waals surface area contributed by atoms with E-state index in [0.29, 0.717) is 39.4 Å². The molecule has 5 rings (SSSR count). The first-order valence-electron chi connectivity index (χ1n) is 9.99. The zero-order valence-corrected chi connectivity index (χ0v) is 18.3. The lowest BCUT2D eigenvalue weighted by atomic mass is 10.1. The summed E-state index contributed by atoms with van der Waals surface area (Å²) in [5, 5.41) is 2.82. The fourth-order valence-electron chi connectivity index (χ4n) is 3.95. The topological polar surface area (TPSA) is 89.9 Å². The molecule has 4 heterocycles. The molecule has 3 aromatic rings. The smallest absolute Gasteiger partial charge is 0.415 e. The van der Waals surface area contributed by atoms with E-state index in [-0.39, 0.29) is 24.1 Å². The van der Waals surface area contributed by atoms with Gasteiger partial charge in [-0.05, 0) is 30.3 Å². The highest BCUT2D eigenvalue weighted by molar-refractivity contribution is 7.18. The quantitative estimate of drug-likeness (QED) is 0.629. The van der Waals surface area contributed by atoms with Gasteiger partial charge in [0, 0.05) is 24.8 Å². The van der Waals surface area contributed by atoms with Crippen LogP contribution in [0.2, 0.25) is 4.34 Å². The predicted octanol–water partition coefficient (Wildman–Crippen LogP) is 3.46. The molecule has 2 atom stereocenters. The molecule has 2 amide bonds. The van der Waals surface area contributed by atoms with Crippen molar-refractivity contribution < 1.29 is 19.1 Å². The van der Waals surface area contributed by atoms with Crippen molar-refractivity contribution in [3.8, 4) is 11.4 Å². The van der Waals surface area contributed by atoms with Crippen LogP contribution < -0.4 is 20.5 Å². The Morgan fingerprint density at radius 3 is 2.84 bits per heavy atom. The number of aromatic nitrogens is 1. The van der Waals surface area contributed by atoms with Gasteiger partial charge in [0.2, 0.25) is 0 Å². The van der Waals surface area contributed by atoms with Crippen LogP contribution in [-0.4, -0.2) is 41.9 Å². The highest BCUT2D eigenvalue weighted by Gasteiger charge is 2.45. The summed E-state index contributed by atoms with van der Waals surface area (Å²) in [6, 6.07) is 13.2. The SMILES string of the molecule is O=C(NC[C@@H]1OC(=O)N2c3ccc(-n4ccccc4=O)cc3OCC[C@@H]12)c1ccc(Cl)s1. The number of hydrogen-bond acceptors (Lipinski definition) is 6. The number of cyclic esters (lactones) is 1. The third-order valence-electron chi connectivity index (χ3n) is 5.45. The fourth-order valence-corrected chi connectivity index (χ4v) is 4.91. The average molecular weight is 472 g/mol. The second kappa shape index (κ2) is 8.33. The molecule has 0 bridgehead atoms. The number of fused-ring (bicyclic) bond motifs is 3. The Morgan fingerprint density at radius 1 is 1.19 bits per heavy atom. The maximum Gasteiger partial charge on any atom is 0.415 e. The number of carbonyl (C=O) groups excluding carboxylic acids is 2. The Morgan fingerprint density at radius 2 is 2.06 bits per heavy atom. The van der Waals surface area contributed by atoms with Crippen LogP contribution in [0.1, 0.15) is 16.1 Å². The van der Waals surface area contributed by atoms with Crippen molar-refractivity contribution in [3.63, 3.8) is 0 Å². The molecule has 164 valence electrons. The van der Waals surface area contributed by atoms with Gasteiger partial charge in [-0.1, -0.05) is 17.7 Å². The molecule has 1 fully saturated rings. The van der Waals surface area contributed by atoms with Crippen LogP contribution in [-0.2, 0) is 4.74 Å². The Kier molecular flexibility index (Phi) is 5.36. The lowest BCUT2D eigenvalue weighted by molar-refractivity contribution is 0.0901. The number of nitrogens with zero attached hydrogens (tertiary/aromatic N) is 2. The molecule has 10 heteroatoms. The van der Waals surface area contributed by atoms with E-state index in [9.17, 15) is 14.4 Å². The fraction of sp³-hybridized carbons (Fsp3) is 0.227. The summed E-state index contributed by atoms with van der Waals surface area (Å²) in [5.41, 5.74) is 1.05. The number of amides is 2. The molecule has 1 saturated heterocycles. The number of carbonyl (C=O) groups is 2. The molecule has 1 N–H and O–H groups in total. The third kappa shape index (κ3) is 3.74. The zero-order chi connectivity index (χ0) is 22.2. The minimum absolute atomic E-state index is 0.164. The number of hydrogen-bond donors (Lipinski definition) is 1. The lowest BCUT2D eigenvalue weighted by Crippen LogP contribution is -2.42. The van der Waals surface area contributed by atoms with Gasteiger partial charge in [0.05, 0.1) is 39.8 Å². The first-order chi connectivity index (χ1) is 15.5. The van der Waals surface area contributed by atoms with Crippen LogP contribution in [0.5, 0.6) is 5.75 Å². The Balaban J connectivity index is 1.37. The number of anilines is 1. The Labute approximate surface area is 191 Å². The van der Waals surface area contributed by atoms with Crippen LogP contribution >= 0.6 is 22.9 Å². The number of ether oxygens (including phenoxy) is 2. The number of nitrogens with one attached hydrogen (secondary N) is 1. The molecule has 2 aliphatic rings. The van der Waals surface area contributed by atoms with Crippen LogP contribution in [0.3, 0.4) is 0 Å². The van der Waals surface area contributed by atoms with Crippen molar-refractivity contribution >= 4 is 40.6 Å². The summed E-state index contributed by atoms with van der Waals surface area (Å²) in [7, 11) is 0. The second-order valence-corrected chi connectivity index (χ2v) is 9.09. The van der Waals surface area contributed by atoms with E-state index >= 15 is 0 Å². The molecule has 0 radical (unpaired) electrons. The van der Waals surface area contributed by atoms with Crippen molar-refractivity contribution in [1.29, 1.82) is 0 Å². The summed E-state index contributed by atoms with van der Waals surface area (Å²) in [5.74, 6) is 0.232. The maximum absolute atomic E-state index is 12.7. The average Bonchev–Trinajstić information content (AvgIpc) is 3.29. The van der Waals surface area contributed by atoms with E-state index in [4.69, 9.17) is 21.1 Å². The summed E-state index contributed by atoms with van der Waals surface area (Å²) in [4.78, 5) is 39.3. The monoisotopic (exact) mass is 471 g/mol. The largest absolute Gasteiger partial charge is 0.491 e. The van der Waals surface area contributed by atoms with Crippen molar-refractivity contribution in [3.05, 3.63) is 74.3 Å². The van der Waals surface area contributed by atoms with E-state index in [2.05, 4.69) is 5.32 Å². The van der Waals surface area contributed by atoms with Gasteiger partial charge >= 0.3 is 6.09 Å². The third-order valence-corrected chi connectivity index (χ3v) is 6.68. The number of rotatable bonds is 4. The van der Waals surface area contributed by atoms with Gasteiger partial charge < -0.3 is 14.8 Å². The van der Waals surface area contributed by atoms with Crippen molar-refractivity contribution in [2.45, 2.75) is 18.6 Å². The summed E-state index contributed by atoms with van der Waals surface area (Å²) in [6.45, 7) is 0.539. The van der Waals surface area contributed by atoms with E-state index in [1.165, 1.54) is 22.0 Å². The van der Waals surface area contributed by atoms with Crippen molar-refractivity contribution in [2.24, 2.45) is 0 Å². The van der Waals surface area contributed by atoms with Gasteiger partial charge in [0.25, 0.3) is 11.5 Å². The number of benzene rings is 1. The van der Waals surface area contributed by atoms with Gasteiger partial charge in [-0.3, -0.25) is 19.1 Å². The maximum atomic E-state index is 12.7. The highest BCUT2D eigenvalue weighted by Crippen LogP contribution is 2.39. The standard InChI is InChI=1S/C22H18ClN3O5S/c23-19-7-6-18(32-19)21(28)24-12-17-15-8-10-30-16-11-13(25-9-2-1-3-20(25)27)4-5-14(16)26(15)22(29)31-17/h1-7,9,11,15,17H,8,10,12H2,(H,24,28)/t15-,17-/m0/s1. The summed E-state index contributed by atoms with van der Waals surface area (Å²) in [6.07, 6.45) is 1.19. The normalized spacial score (nSPS) is 19.4. The molecule has 0 spiro atoms. The van der Waals surface area contributed by atoms with Gasteiger partial charge in [0.1, 0.15) is 11.9 Å². The van der Waals surface area contributed by atoms with E-state index in [0.717, 1.165) is 0 Å². The molecule has 0 aliphatic carbocycles. The second-order valence-electron chi connectivity index (χ2n) is 7.37. The van der Waals surface area contributed by atoms with Gasteiger partial charge in [-0.15, -0.1) is 11.3 Å². The van der Waals surface area contributed by atoms with Crippen molar-refractivity contribution in [1.82, 2.24) is 9.88 Å². The molecule has 2 aliphatic heterocycles. The molecule has 8 nitrogen and oxygen atoms in total. The summed E-state index contributed by atoms with van der Waals surface area (Å²) < 4.78 is 13.5. The van der Waals surface area contributed by atoms with E-state index < -0.39 is 12.2 Å². The predicted molar refractivity (Wildman–Crippen MR) is 120 cm³/mol. The molecular formula is C22H18ClN3O5S. The van der Waals surface area contributed by atoms with Gasteiger partial charge in [-0.25, -0.2) is 4.79 Å². The van der Waals surface area contributed by atoms with E-state index in [1.807, 2.05) is 0 Å². The molecular weight excluding hydrogens is 454 g/mol. The first-order valence-corrected chi connectivity index (χ1v) is 11.2.